The van der Waals surface area contributed by atoms with Crippen LogP contribution in [0.3, 0.4) is 0 Å². The number of nitrogens with zero attached hydrogens (tertiary/aromatic N) is 1. The second-order valence-electron chi connectivity index (χ2n) is 4.29. The molecule has 0 bridgehead atoms. The van der Waals surface area contributed by atoms with E-state index in [-0.39, 0.29) is 0 Å². The van der Waals surface area contributed by atoms with E-state index in [1.165, 1.54) is 10.8 Å². The van der Waals surface area contributed by atoms with E-state index in [4.69, 9.17) is 0 Å². The number of hydrogen-bond donors (Lipinski definition) is 0. The van der Waals surface area contributed by atoms with E-state index < -0.39 is 0 Å². The molecule has 0 saturated heterocycles. The summed E-state index contributed by atoms with van der Waals surface area (Å²) in [6, 6.07) is 14.7. The lowest BCUT2D eigenvalue weighted by Crippen LogP contribution is -2.22. The summed E-state index contributed by atoms with van der Waals surface area (Å²) < 4.78 is 0. The number of hydrogen-bond acceptors (Lipinski definition) is 1. The number of fused-ring (bicyclic) bond motifs is 1. The van der Waals surface area contributed by atoms with Crippen LogP contribution in [0.1, 0.15) is 19.4 Å². The highest BCUT2D eigenvalue weighted by atomic mass is 15.1. The molecule has 0 aliphatic rings. The van der Waals surface area contributed by atoms with Crippen LogP contribution >= 0.6 is 0 Å². The van der Waals surface area contributed by atoms with Crippen molar-refractivity contribution in [1.29, 1.82) is 0 Å². The van der Waals surface area contributed by atoms with Crippen LogP contribution in [-0.2, 0) is 0 Å². The van der Waals surface area contributed by atoms with Crippen LogP contribution in [0.15, 0.2) is 42.5 Å². The van der Waals surface area contributed by atoms with Crippen molar-refractivity contribution in [1.82, 2.24) is 4.90 Å². The SMILES string of the molecule is CCN(CC)CC#Cc1cccc2ccccc12. The first-order chi connectivity index (χ1) is 8.85. The van der Waals surface area contributed by atoms with Crippen LogP contribution in [0.25, 0.3) is 10.8 Å². The summed E-state index contributed by atoms with van der Waals surface area (Å²) in [7, 11) is 0. The van der Waals surface area contributed by atoms with Gasteiger partial charge in [-0.05, 0) is 29.9 Å². The first kappa shape index (κ1) is 12.7. The molecule has 2 rings (SSSR count). The molecule has 0 aromatic heterocycles. The standard InChI is InChI=1S/C17H19N/c1-3-18(4-2)14-8-12-16-11-7-10-15-9-5-6-13-17(15)16/h5-7,9-11,13H,3-4,14H2,1-2H3. The quantitative estimate of drug-likeness (QED) is 0.738. The molecule has 18 heavy (non-hydrogen) atoms. The zero-order chi connectivity index (χ0) is 12.8. The van der Waals surface area contributed by atoms with Gasteiger partial charge in [-0.25, -0.2) is 0 Å². The Labute approximate surface area is 109 Å². The first-order valence-corrected chi connectivity index (χ1v) is 6.54. The molecule has 0 saturated carbocycles. The molecule has 92 valence electrons. The third kappa shape index (κ3) is 2.91. The molecule has 0 amide bonds. The summed E-state index contributed by atoms with van der Waals surface area (Å²) in [6.45, 7) is 7.30. The lowest BCUT2D eigenvalue weighted by molar-refractivity contribution is 0.342. The fourth-order valence-corrected chi connectivity index (χ4v) is 2.03. The third-order valence-corrected chi connectivity index (χ3v) is 3.21. The van der Waals surface area contributed by atoms with Gasteiger partial charge in [0.05, 0.1) is 6.54 Å². The predicted molar refractivity (Wildman–Crippen MR) is 78.6 cm³/mol. The lowest BCUT2D eigenvalue weighted by atomic mass is 10.1. The van der Waals surface area contributed by atoms with Gasteiger partial charge in [0.25, 0.3) is 0 Å². The van der Waals surface area contributed by atoms with Gasteiger partial charge in [-0.15, -0.1) is 0 Å². The maximum atomic E-state index is 3.30. The molecular formula is C17H19N. The molecule has 1 nitrogen and oxygen atoms in total. The Kier molecular flexibility index (Phi) is 4.39. The summed E-state index contributed by atoms with van der Waals surface area (Å²) in [6.07, 6.45) is 0. The molecular weight excluding hydrogens is 218 g/mol. The molecule has 0 aliphatic carbocycles. The summed E-state index contributed by atoms with van der Waals surface area (Å²) in [5.74, 6) is 6.57. The monoisotopic (exact) mass is 237 g/mol. The maximum absolute atomic E-state index is 3.30. The Morgan fingerprint density at radius 2 is 1.67 bits per heavy atom. The van der Waals surface area contributed by atoms with Crippen LogP contribution in [0.2, 0.25) is 0 Å². The average Bonchev–Trinajstić information content (AvgIpc) is 2.44. The predicted octanol–water partition coefficient (Wildman–Crippen LogP) is 3.53. The van der Waals surface area contributed by atoms with Gasteiger partial charge in [-0.2, -0.15) is 0 Å². The van der Waals surface area contributed by atoms with Crippen molar-refractivity contribution in [2.24, 2.45) is 0 Å². The van der Waals surface area contributed by atoms with Gasteiger partial charge < -0.3 is 0 Å². The molecule has 0 fully saturated rings. The maximum Gasteiger partial charge on any atom is 0.0605 e. The highest BCUT2D eigenvalue weighted by Gasteiger charge is 1.97. The minimum atomic E-state index is 0.843. The van der Waals surface area contributed by atoms with Gasteiger partial charge in [0, 0.05) is 5.56 Å². The van der Waals surface area contributed by atoms with E-state index in [1.807, 2.05) is 0 Å². The fourth-order valence-electron chi connectivity index (χ4n) is 2.03. The Morgan fingerprint density at radius 1 is 0.944 bits per heavy atom. The zero-order valence-electron chi connectivity index (χ0n) is 11.1. The van der Waals surface area contributed by atoms with Gasteiger partial charge in [0.1, 0.15) is 0 Å². The number of benzene rings is 2. The molecule has 0 unspecified atom stereocenters. The summed E-state index contributed by atoms with van der Waals surface area (Å²) in [4.78, 5) is 2.32. The molecule has 0 aliphatic heterocycles. The normalized spacial score (nSPS) is 10.4. The Morgan fingerprint density at radius 3 is 2.44 bits per heavy atom. The van der Waals surface area contributed by atoms with Crippen molar-refractivity contribution in [3.05, 3.63) is 48.0 Å². The van der Waals surface area contributed by atoms with E-state index >= 15 is 0 Å². The highest BCUT2D eigenvalue weighted by Crippen LogP contribution is 2.17. The van der Waals surface area contributed by atoms with E-state index in [2.05, 4.69) is 73.1 Å². The van der Waals surface area contributed by atoms with Crippen molar-refractivity contribution in [3.8, 4) is 11.8 Å². The smallest absolute Gasteiger partial charge is 0.0605 e. The van der Waals surface area contributed by atoms with Crippen molar-refractivity contribution in [3.63, 3.8) is 0 Å². The van der Waals surface area contributed by atoms with Gasteiger partial charge >= 0.3 is 0 Å². The number of rotatable bonds is 3. The summed E-state index contributed by atoms with van der Waals surface area (Å²) in [5.41, 5.74) is 1.13. The molecule has 1 heteroatoms. The van der Waals surface area contributed by atoms with E-state index in [0.717, 1.165) is 25.2 Å². The lowest BCUT2D eigenvalue weighted by Gasteiger charge is -2.13. The van der Waals surface area contributed by atoms with Crippen LogP contribution in [0.5, 0.6) is 0 Å². The molecule has 0 heterocycles. The average molecular weight is 237 g/mol. The van der Waals surface area contributed by atoms with Crippen LogP contribution in [-0.4, -0.2) is 24.5 Å². The van der Waals surface area contributed by atoms with Gasteiger partial charge in [-0.1, -0.05) is 62.1 Å². The van der Waals surface area contributed by atoms with E-state index in [9.17, 15) is 0 Å². The summed E-state index contributed by atoms with van der Waals surface area (Å²) >= 11 is 0. The third-order valence-electron chi connectivity index (χ3n) is 3.21. The largest absolute Gasteiger partial charge is 0.293 e. The van der Waals surface area contributed by atoms with E-state index in [1.54, 1.807) is 0 Å². The van der Waals surface area contributed by atoms with Gasteiger partial charge in [0.15, 0.2) is 0 Å². The molecule has 0 spiro atoms. The molecule has 0 atom stereocenters. The molecule has 2 aromatic rings. The van der Waals surface area contributed by atoms with Crippen LogP contribution < -0.4 is 0 Å². The summed E-state index contributed by atoms with van der Waals surface area (Å²) in [5, 5.41) is 2.50. The molecule has 0 radical (unpaired) electrons. The second kappa shape index (κ2) is 6.23. The van der Waals surface area contributed by atoms with E-state index in [0.29, 0.717) is 0 Å². The zero-order valence-corrected chi connectivity index (χ0v) is 11.1. The molecule has 2 aromatic carbocycles. The Bertz CT molecular complexity index is 565. The van der Waals surface area contributed by atoms with Gasteiger partial charge in [-0.3, -0.25) is 4.90 Å². The fraction of sp³-hybridized carbons (Fsp3) is 0.294. The Balaban J connectivity index is 2.24. The molecule has 0 N–H and O–H groups in total. The minimum Gasteiger partial charge on any atom is -0.293 e. The van der Waals surface area contributed by atoms with Gasteiger partial charge in [0.2, 0.25) is 0 Å². The Hall–Kier alpha value is -1.78. The van der Waals surface area contributed by atoms with Crippen molar-refractivity contribution in [2.45, 2.75) is 13.8 Å². The van der Waals surface area contributed by atoms with Crippen molar-refractivity contribution < 1.29 is 0 Å². The topological polar surface area (TPSA) is 3.24 Å². The highest BCUT2D eigenvalue weighted by molar-refractivity contribution is 5.88. The van der Waals surface area contributed by atoms with Crippen molar-refractivity contribution >= 4 is 10.8 Å². The van der Waals surface area contributed by atoms with Crippen LogP contribution in [0.4, 0.5) is 0 Å². The first-order valence-electron chi connectivity index (χ1n) is 6.54. The second-order valence-corrected chi connectivity index (χ2v) is 4.29. The minimum absolute atomic E-state index is 0.843. The van der Waals surface area contributed by atoms with Crippen molar-refractivity contribution in [2.75, 3.05) is 19.6 Å². The van der Waals surface area contributed by atoms with Crippen LogP contribution in [0, 0.1) is 11.8 Å².